The topological polar surface area (TPSA) is 228 Å². The van der Waals surface area contributed by atoms with Crippen LogP contribution in [0.15, 0.2) is 72.9 Å². The van der Waals surface area contributed by atoms with Crippen molar-refractivity contribution in [2.75, 3.05) is 19.8 Å². The van der Waals surface area contributed by atoms with E-state index in [-0.39, 0.29) is 18.9 Å². The van der Waals surface area contributed by atoms with Crippen LogP contribution in [0.3, 0.4) is 0 Å². The van der Waals surface area contributed by atoms with E-state index >= 15 is 0 Å². The van der Waals surface area contributed by atoms with E-state index in [1.807, 2.05) is 6.08 Å². The maximum absolute atomic E-state index is 13.3. The van der Waals surface area contributed by atoms with Crippen LogP contribution in [0.2, 0.25) is 0 Å². The van der Waals surface area contributed by atoms with Gasteiger partial charge in [0.2, 0.25) is 5.91 Å². The van der Waals surface area contributed by atoms with Crippen LogP contribution in [0.25, 0.3) is 0 Å². The number of carbonyl (C=O) groups is 1. The summed E-state index contributed by atoms with van der Waals surface area (Å²) in [4.78, 5) is 13.3. The van der Waals surface area contributed by atoms with Crippen molar-refractivity contribution in [3.63, 3.8) is 0 Å². The Balaban J connectivity index is 1.72. The highest BCUT2D eigenvalue weighted by atomic mass is 16.7. The van der Waals surface area contributed by atoms with E-state index in [1.165, 1.54) is 154 Å². The molecule has 0 saturated carbocycles. The van der Waals surface area contributed by atoms with E-state index < -0.39 is 86.8 Å². The lowest BCUT2D eigenvalue weighted by atomic mass is 9.97. The summed E-state index contributed by atoms with van der Waals surface area (Å²) >= 11 is 0. The van der Waals surface area contributed by atoms with Crippen LogP contribution in [0, 0.1) is 0 Å². The van der Waals surface area contributed by atoms with E-state index in [0.29, 0.717) is 12.8 Å². The summed E-state index contributed by atoms with van der Waals surface area (Å²) in [6.45, 7) is 2.68. The minimum atomic E-state index is -1.79. The van der Waals surface area contributed by atoms with Gasteiger partial charge in [-0.3, -0.25) is 4.79 Å². The summed E-state index contributed by atoms with van der Waals surface area (Å²) in [6, 6.07) is -0.935. The third-order valence-electron chi connectivity index (χ3n) is 15.4. The molecule has 2 saturated heterocycles. The Bertz CT molecular complexity index is 1620. The van der Waals surface area contributed by atoms with Crippen molar-refractivity contribution in [2.45, 2.75) is 319 Å². The second-order valence-corrected chi connectivity index (χ2v) is 22.5. The number of ether oxygens (including phenoxy) is 4. The molecule has 12 unspecified atom stereocenters. The molecule has 1 amide bonds. The van der Waals surface area contributed by atoms with Crippen molar-refractivity contribution in [2.24, 2.45) is 0 Å². The normalized spacial score (nSPS) is 24.7. The van der Waals surface area contributed by atoms with Crippen LogP contribution in [0.1, 0.15) is 245 Å². The first-order valence-electron chi connectivity index (χ1n) is 32.2. The summed E-state index contributed by atoms with van der Waals surface area (Å²) < 4.78 is 22.8. The number of allylic oxidation sites excluding steroid dienone is 11. The summed E-state index contributed by atoms with van der Waals surface area (Å²) in [5.74, 6) is -0.251. The van der Waals surface area contributed by atoms with E-state index in [2.05, 4.69) is 79.9 Å². The maximum atomic E-state index is 13.3. The van der Waals surface area contributed by atoms with Crippen molar-refractivity contribution in [1.29, 1.82) is 0 Å². The van der Waals surface area contributed by atoms with Crippen LogP contribution in [-0.2, 0) is 23.7 Å². The average Bonchev–Trinajstić information content (AvgIpc) is 3.49. The SMILES string of the molecule is CC/C=C\C/C=C\C/C=C\C/C=C\CCCCCCCCCCCCCCCCC(=O)NC(COC1OC(CO)C(OC2OC(CO)C(O)C(O)C2O)C(O)C1O)C(O)/C=C/CC/C=C/CCCCCCCCCCCCCCC. The lowest BCUT2D eigenvalue weighted by Gasteiger charge is -2.46. The largest absolute Gasteiger partial charge is 0.394 e. The lowest BCUT2D eigenvalue weighted by molar-refractivity contribution is -0.359. The fraction of sp³-hybridized carbons (Fsp3) is 0.803. The van der Waals surface area contributed by atoms with Gasteiger partial charge in [-0.15, -0.1) is 0 Å². The van der Waals surface area contributed by atoms with Crippen molar-refractivity contribution >= 4 is 5.91 Å². The average molecular weight is 1130 g/mol. The first-order chi connectivity index (χ1) is 39.1. The summed E-state index contributed by atoms with van der Waals surface area (Å²) in [6.07, 6.45) is 50.9. The number of hydrogen-bond donors (Lipinski definition) is 9. The molecule has 0 aromatic heterocycles. The number of rotatable bonds is 51. The molecule has 80 heavy (non-hydrogen) atoms. The van der Waals surface area contributed by atoms with Crippen LogP contribution in [0.5, 0.6) is 0 Å². The van der Waals surface area contributed by atoms with Crippen LogP contribution >= 0.6 is 0 Å². The molecule has 2 aliphatic heterocycles. The number of unbranched alkanes of at least 4 members (excludes halogenated alkanes) is 28. The van der Waals surface area contributed by atoms with Crippen LogP contribution in [-0.4, -0.2) is 140 Å². The standard InChI is InChI=1S/C66H117NO13/c1-3-5-7-9-11-13-15-17-19-21-23-24-25-26-27-28-29-30-32-34-36-38-40-42-44-46-48-50-58(71)67-54(55(70)49-47-45-43-41-39-37-35-33-31-22-20-18-16-14-12-10-8-6-4-2)53-77-65-63(76)61(74)64(57(52-69)79-65)80-66-62(75)60(73)59(72)56(51-68)78-66/h5,7,11,13,17,19,23-24,39,41,47,49,54-57,59-66,68-70,72-76H,3-4,6,8-10,12,14-16,18,20-22,25-38,40,42-46,48,50-53H2,1-2H3,(H,67,71)/b7-5-,13-11-,19-17-,24-23-,41-39+,49-47+. The first kappa shape index (κ1) is 73.5. The fourth-order valence-electron chi connectivity index (χ4n) is 10.2. The summed E-state index contributed by atoms with van der Waals surface area (Å²) in [5.41, 5.74) is 0. The molecule has 2 aliphatic rings. The van der Waals surface area contributed by atoms with E-state index in [4.69, 9.17) is 18.9 Å². The van der Waals surface area contributed by atoms with Gasteiger partial charge in [-0.05, 0) is 70.6 Å². The van der Waals surface area contributed by atoms with Gasteiger partial charge in [0, 0.05) is 6.42 Å². The molecule has 0 bridgehead atoms. The van der Waals surface area contributed by atoms with Crippen LogP contribution < -0.4 is 5.32 Å². The second kappa shape index (κ2) is 50.9. The zero-order valence-electron chi connectivity index (χ0n) is 50.1. The second-order valence-electron chi connectivity index (χ2n) is 22.5. The Labute approximate surface area is 485 Å². The van der Waals surface area contributed by atoms with Crippen molar-refractivity contribution in [3.05, 3.63) is 72.9 Å². The molecule has 9 N–H and O–H groups in total. The molecule has 14 heteroatoms. The first-order valence-corrected chi connectivity index (χ1v) is 32.2. The molecule has 0 aromatic carbocycles. The van der Waals surface area contributed by atoms with Crippen molar-refractivity contribution in [1.82, 2.24) is 5.32 Å². The van der Waals surface area contributed by atoms with E-state index in [1.54, 1.807) is 6.08 Å². The highest BCUT2D eigenvalue weighted by molar-refractivity contribution is 5.76. The third-order valence-corrected chi connectivity index (χ3v) is 15.4. The van der Waals surface area contributed by atoms with Gasteiger partial charge in [-0.2, -0.15) is 0 Å². The number of carbonyl (C=O) groups excluding carboxylic acids is 1. The van der Waals surface area contributed by atoms with Gasteiger partial charge in [-0.1, -0.05) is 241 Å². The third kappa shape index (κ3) is 35.5. The maximum Gasteiger partial charge on any atom is 0.220 e. The molecule has 2 fully saturated rings. The van der Waals surface area contributed by atoms with E-state index in [0.717, 1.165) is 57.8 Å². The highest BCUT2D eigenvalue weighted by Gasteiger charge is 2.51. The number of amides is 1. The number of aliphatic hydroxyl groups is 8. The zero-order valence-corrected chi connectivity index (χ0v) is 50.1. The number of hydrogen-bond acceptors (Lipinski definition) is 13. The number of aliphatic hydroxyl groups excluding tert-OH is 8. The quantitative estimate of drug-likeness (QED) is 0.0204. The monoisotopic (exact) mass is 1130 g/mol. The van der Waals surface area contributed by atoms with Gasteiger partial charge >= 0.3 is 0 Å². The molecule has 0 aromatic rings. The Morgan fingerprint density at radius 3 is 1.38 bits per heavy atom. The molecule has 0 radical (unpaired) electrons. The molecule has 0 aliphatic carbocycles. The zero-order chi connectivity index (χ0) is 58.1. The van der Waals surface area contributed by atoms with Gasteiger partial charge in [0.25, 0.3) is 0 Å². The Kier molecular flexibility index (Phi) is 46.8. The van der Waals surface area contributed by atoms with Crippen molar-refractivity contribution < 1.29 is 64.6 Å². The minimum absolute atomic E-state index is 0.251. The van der Waals surface area contributed by atoms with Crippen molar-refractivity contribution in [3.8, 4) is 0 Å². The lowest BCUT2D eigenvalue weighted by Crippen LogP contribution is -2.65. The highest BCUT2D eigenvalue weighted by Crippen LogP contribution is 2.30. The van der Waals surface area contributed by atoms with Crippen LogP contribution in [0.4, 0.5) is 0 Å². The molecule has 12 atom stereocenters. The molecule has 464 valence electrons. The smallest absolute Gasteiger partial charge is 0.220 e. The molecular weight excluding hydrogens is 1010 g/mol. The van der Waals surface area contributed by atoms with E-state index in [9.17, 15) is 45.6 Å². The summed E-state index contributed by atoms with van der Waals surface area (Å²) in [7, 11) is 0. The minimum Gasteiger partial charge on any atom is -0.394 e. The Morgan fingerprint density at radius 1 is 0.463 bits per heavy atom. The summed E-state index contributed by atoms with van der Waals surface area (Å²) in [5, 5.41) is 87.2. The van der Waals surface area contributed by atoms with Gasteiger partial charge in [-0.25, -0.2) is 0 Å². The van der Waals surface area contributed by atoms with Gasteiger partial charge in [0.1, 0.15) is 48.8 Å². The Hall–Kier alpha value is -2.57. The fourth-order valence-corrected chi connectivity index (χ4v) is 10.2. The number of nitrogens with one attached hydrogen (secondary N) is 1. The molecule has 2 heterocycles. The van der Waals surface area contributed by atoms with Gasteiger partial charge in [0.05, 0.1) is 32.0 Å². The predicted octanol–water partition coefficient (Wildman–Crippen LogP) is 11.9. The Morgan fingerprint density at radius 2 is 0.875 bits per heavy atom. The molecule has 14 nitrogen and oxygen atoms in total. The molecule has 0 spiro atoms. The van der Waals surface area contributed by atoms with Gasteiger partial charge in [0.15, 0.2) is 12.6 Å². The van der Waals surface area contributed by atoms with Gasteiger partial charge < -0.3 is 65.1 Å². The molecule has 2 rings (SSSR count). The molecular formula is C66H117NO13. The predicted molar refractivity (Wildman–Crippen MR) is 323 cm³/mol.